The third-order valence-electron chi connectivity index (χ3n) is 2.70. The Labute approximate surface area is 109 Å². The number of carbonyl (C=O) groups is 1. The number of benzene rings is 1. The van der Waals surface area contributed by atoms with Gasteiger partial charge in [-0.1, -0.05) is 12.1 Å². The number of aliphatic hydroxyl groups excluding tert-OH is 1. The van der Waals surface area contributed by atoms with Crippen molar-refractivity contribution >= 4 is 5.91 Å². The third kappa shape index (κ3) is 3.66. The minimum atomic E-state index is -0.738. The molecular formula is C14H14FNO3. The van der Waals surface area contributed by atoms with Crippen molar-refractivity contribution in [2.24, 2.45) is 0 Å². The molecule has 2 N–H and O–H groups in total. The van der Waals surface area contributed by atoms with Crippen LogP contribution < -0.4 is 5.32 Å². The summed E-state index contributed by atoms with van der Waals surface area (Å²) in [6.45, 7) is 0.304. The molecule has 2 rings (SSSR count). The van der Waals surface area contributed by atoms with Gasteiger partial charge in [-0.15, -0.1) is 0 Å². The number of aliphatic hydroxyl groups is 1. The lowest BCUT2D eigenvalue weighted by molar-refractivity contribution is 0.0915. The molecule has 0 spiro atoms. The molecule has 0 aliphatic heterocycles. The van der Waals surface area contributed by atoms with Gasteiger partial charge in [-0.25, -0.2) is 4.39 Å². The molecule has 0 saturated carbocycles. The topological polar surface area (TPSA) is 62.5 Å². The molecule has 1 heterocycles. The Bertz CT molecular complexity index is 522. The second kappa shape index (κ2) is 6.15. The fourth-order valence-corrected chi connectivity index (χ4v) is 1.67. The maximum atomic E-state index is 12.7. The van der Waals surface area contributed by atoms with Crippen LogP contribution in [0.5, 0.6) is 0 Å². The van der Waals surface area contributed by atoms with E-state index in [2.05, 4.69) is 5.32 Å². The Kier molecular flexibility index (Phi) is 4.30. The van der Waals surface area contributed by atoms with Crippen LogP contribution in [-0.4, -0.2) is 17.6 Å². The molecule has 0 aliphatic carbocycles. The van der Waals surface area contributed by atoms with Crippen molar-refractivity contribution in [2.75, 3.05) is 6.54 Å². The summed E-state index contributed by atoms with van der Waals surface area (Å²) in [6, 6.07) is 8.82. The summed E-state index contributed by atoms with van der Waals surface area (Å²) >= 11 is 0. The van der Waals surface area contributed by atoms with Crippen LogP contribution in [0.25, 0.3) is 0 Å². The van der Waals surface area contributed by atoms with E-state index in [1.54, 1.807) is 12.1 Å². The average Bonchev–Trinajstić information content (AvgIpc) is 2.93. The predicted molar refractivity (Wildman–Crippen MR) is 67.0 cm³/mol. The molecule has 1 aromatic heterocycles. The largest absolute Gasteiger partial charge is 0.459 e. The standard InChI is InChI=1S/C14H14FNO3/c15-11-5-3-10(4-6-11)12(17)7-8-16-14(18)13-2-1-9-19-13/h1-6,9,12,17H,7-8H2,(H,16,18). The summed E-state index contributed by atoms with van der Waals surface area (Å²) in [7, 11) is 0. The Morgan fingerprint density at radius 3 is 2.68 bits per heavy atom. The second-order valence-electron chi connectivity index (χ2n) is 4.09. The van der Waals surface area contributed by atoms with Crippen LogP contribution >= 0.6 is 0 Å². The van der Waals surface area contributed by atoms with E-state index in [1.165, 1.54) is 30.5 Å². The summed E-state index contributed by atoms with van der Waals surface area (Å²) in [6.07, 6.45) is 1.03. The number of rotatable bonds is 5. The molecule has 5 heteroatoms. The Morgan fingerprint density at radius 2 is 2.05 bits per heavy atom. The average molecular weight is 263 g/mol. The van der Waals surface area contributed by atoms with E-state index in [-0.39, 0.29) is 17.5 Å². The van der Waals surface area contributed by atoms with Gasteiger partial charge in [-0.3, -0.25) is 4.79 Å². The summed E-state index contributed by atoms with van der Waals surface area (Å²) in [4.78, 5) is 11.5. The number of amides is 1. The normalized spacial score (nSPS) is 12.1. The second-order valence-corrected chi connectivity index (χ2v) is 4.09. The molecule has 1 aromatic carbocycles. The molecule has 0 bridgehead atoms. The Hall–Kier alpha value is -2.14. The van der Waals surface area contributed by atoms with Gasteiger partial charge in [0.15, 0.2) is 5.76 Å². The van der Waals surface area contributed by atoms with E-state index in [1.807, 2.05) is 0 Å². The highest BCUT2D eigenvalue weighted by Crippen LogP contribution is 2.16. The van der Waals surface area contributed by atoms with E-state index in [0.717, 1.165) is 0 Å². The number of halogens is 1. The van der Waals surface area contributed by atoms with Crippen LogP contribution in [0.4, 0.5) is 4.39 Å². The van der Waals surface area contributed by atoms with Crippen molar-refractivity contribution in [2.45, 2.75) is 12.5 Å². The summed E-state index contributed by atoms with van der Waals surface area (Å²) in [5.74, 6) is -0.436. The first-order chi connectivity index (χ1) is 9.16. The van der Waals surface area contributed by atoms with Crippen molar-refractivity contribution in [3.63, 3.8) is 0 Å². The smallest absolute Gasteiger partial charge is 0.286 e. The summed E-state index contributed by atoms with van der Waals surface area (Å²) in [5, 5.41) is 12.5. The SMILES string of the molecule is O=C(NCCC(O)c1ccc(F)cc1)c1ccco1. The minimum absolute atomic E-state index is 0.233. The van der Waals surface area contributed by atoms with Crippen molar-refractivity contribution in [1.29, 1.82) is 0 Å². The zero-order chi connectivity index (χ0) is 13.7. The molecule has 4 nitrogen and oxygen atoms in total. The van der Waals surface area contributed by atoms with Gasteiger partial charge >= 0.3 is 0 Å². The van der Waals surface area contributed by atoms with Crippen molar-refractivity contribution in [3.05, 3.63) is 59.8 Å². The van der Waals surface area contributed by atoms with E-state index < -0.39 is 6.10 Å². The zero-order valence-corrected chi connectivity index (χ0v) is 10.2. The zero-order valence-electron chi connectivity index (χ0n) is 10.2. The first-order valence-electron chi connectivity index (χ1n) is 5.92. The molecule has 0 fully saturated rings. The summed E-state index contributed by atoms with van der Waals surface area (Å²) in [5.41, 5.74) is 0.619. The quantitative estimate of drug-likeness (QED) is 0.869. The first-order valence-corrected chi connectivity index (χ1v) is 5.92. The lowest BCUT2D eigenvalue weighted by Crippen LogP contribution is -2.25. The van der Waals surface area contributed by atoms with Crippen LogP contribution in [0, 0.1) is 5.82 Å². The summed E-state index contributed by atoms with van der Waals surface area (Å²) < 4.78 is 17.7. The number of nitrogens with one attached hydrogen (secondary N) is 1. The lowest BCUT2D eigenvalue weighted by atomic mass is 10.1. The monoisotopic (exact) mass is 263 g/mol. The van der Waals surface area contributed by atoms with Gasteiger partial charge in [0.25, 0.3) is 5.91 Å². The van der Waals surface area contributed by atoms with Gasteiger partial charge < -0.3 is 14.8 Å². The van der Waals surface area contributed by atoms with Crippen LogP contribution in [0.3, 0.4) is 0 Å². The predicted octanol–water partition coefficient (Wildman–Crippen LogP) is 2.27. The van der Waals surface area contributed by atoms with Gasteiger partial charge in [0.05, 0.1) is 12.4 Å². The first kappa shape index (κ1) is 13.3. The molecule has 1 unspecified atom stereocenters. The number of hydrogen-bond acceptors (Lipinski definition) is 3. The maximum Gasteiger partial charge on any atom is 0.286 e. The van der Waals surface area contributed by atoms with Gasteiger partial charge in [0.2, 0.25) is 0 Å². The highest BCUT2D eigenvalue weighted by atomic mass is 19.1. The van der Waals surface area contributed by atoms with E-state index >= 15 is 0 Å². The van der Waals surface area contributed by atoms with E-state index in [9.17, 15) is 14.3 Å². The Balaban J connectivity index is 1.79. The fraction of sp³-hybridized carbons (Fsp3) is 0.214. The van der Waals surface area contributed by atoms with Crippen LogP contribution in [0.1, 0.15) is 28.6 Å². The van der Waals surface area contributed by atoms with Gasteiger partial charge in [-0.2, -0.15) is 0 Å². The maximum absolute atomic E-state index is 12.7. The van der Waals surface area contributed by atoms with Crippen LogP contribution in [-0.2, 0) is 0 Å². The number of carbonyl (C=O) groups excluding carboxylic acids is 1. The molecule has 100 valence electrons. The van der Waals surface area contributed by atoms with Gasteiger partial charge in [0, 0.05) is 6.54 Å². The van der Waals surface area contributed by atoms with Crippen LogP contribution in [0.15, 0.2) is 47.1 Å². The molecule has 1 atom stereocenters. The highest BCUT2D eigenvalue weighted by molar-refractivity contribution is 5.91. The number of furan rings is 1. The molecule has 19 heavy (non-hydrogen) atoms. The molecular weight excluding hydrogens is 249 g/mol. The molecule has 2 aromatic rings. The van der Waals surface area contributed by atoms with Gasteiger partial charge in [0.1, 0.15) is 5.82 Å². The minimum Gasteiger partial charge on any atom is -0.459 e. The van der Waals surface area contributed by atoms with E-state index in [0.29, 0.717) is 18.5 Å². The highest BCUT2D eigenvalue weighted by Gasteiger charge is 2.10. The lowest BCUT2D eigenvalue weighted by Gasteiger charge is -2.11. The Morgan fingerprint density at radius 1 is 1.32 bits per heavy atom. The molecule has 1 amide bonds. The molecule has 0 aliphatic rings. The number of hydrogen-bond donors (Lipinski definition) is 2. The third-order valence-corrected chi connectivity index (χ3v) is 2.70. The van der Waals surface area contributed by atoms with Crippen molar-refractivity contribution < 1.29 is 18.7 Å². The van der Waals surface area contributed by atoms with E-state index in [4.69, 9.17) is 4.42 Å². The van der Waals surface area contributed by atoms with Crippen molar-refractivity contribution in [3.8, 4) is 0 Å². The van der Waals surface area contributed by atoms with Crippen molar-refractivity contribution in [1.82, 2.24) is 5.32 Å². The fourth-order valence-electron chi connectivity index (χ4n) is 1.67. The molecule has 0 saturated heterocycles. The van der Waals surface area contributed by atoms with Gasteiger partial charge in [-0.05, 0) is 36.2 Å². The molecule has 0 radical (unpaired) electrons. The van der Waals surface area contributed by atoms with Crippen LogP contribution in [0.2, 0.25) is 0 Å².